The van der Waals surface area contributed by atoms with Gasteiger partial charge in [0.1, 0.15) is 6.61 Å². The molecule has 0 saturated carbocycles. The average Bonchev–Trinajstić information content (AvgIpc) is 2.61. The standard InChI is InChI=1S/C18H18FN3O3/c1-24-8-7-21-18(23)22-15-5-6-17(16(19)10-15)25-12-14-4-2-3-13(9-14)11-20/h2-6,9-10H,7-8,12H2,1H3,(H2,21,22,23). The third-order valence-electron chi connectivity index (χ3n) is 3.23. The minimum Gasteiger partial charge on any atom is -0.486 e. The van der Waals surface area contributed by atoms with Crippen LogP contribution in [0, 0.1) is 17.1 Å². The number of hydrogen-bond donors (Lipinski definition) is 2. The summed E-state index contributed by atoms with van der Waals surface area (Å²) in [5, 5.41) is 14.0. The fourth-order valence-electron chi connectivity index (χ4n) is 2.03. The van der Waals surface area contributed by atoms with E-state index in [1.807, 2.05) is 6.07 Å². The minimum atomic E-state index is -0.592. The number of rotatable bonds is 7. The van der Waals surface area contributed by atoms with E-state index in [0.29, 0.717) is 24.4 Å². The van der Waals surface area contributed by atoms with E-state index < -0.39 is 11.8 Å². The van der Waals surface area contributed by atoms with Crippen LogP contribution < -0.4 is 15.4 Å². The predicted molar refractivity (Wildman–Crippen MR) is 90.8 cm³/mol. The lowest BCUT2D eigenvalue weighted by Crippen LogP contribution is -2.31. The van der Waals surface area contributed by atoms with E-state index in [4.69, 9.17) is 14.7 Å². The van der Waals surface area contributed by atoms with Crippen LogP contribution in [0.2, 0.25) is 0 Å². The fraction of sp³-hybridized carbons (Fsp3) is 0.222. The summed E-state index contributed by atoms with van der Waals surface area (Å²) in [6.45, 7) is 0.881. The largest absolute Gasteiger partial charge is 0.486 e. The molecule has 2 amide bonds. The molecule has 0 aliphatic rings. The Morgan fingerprint density at radius 3 is 2.84 bits per heavy atom. The van der Waals surface area contributed by atoms with Crippen LogP contribution in [0.1, 0.15) is 11.1 Å². The van der Waals surface area contributed by atoms with Crippen LogP contribution in [-0.2, 0) is 11.3 Å². The quantitative estimate of drug-likeness (QED) is 0.757. The normalized spacial score (nSPS) is 9.96. The van der Waals surface area contributed by atoms with E-state index in [2.05, 4.69) is 10.6 Å². The second kappa shape index (κ2) is 9.25. The molecular formula is C18H18FN3O3. The third kappa shape index (κ3) is 5.79. The number of methoxy groups -OCH3 is 1. The number of nitrogens with zero attached hydrogens (tertiary/aromatic N) is 1. The molecule has 0 radical (unpaired) electrons. The number of carbonyl (C=O) groups excluding carboxylic acids is 1. The first kappa shape index (κ1) is 18.2. The van der Waals surface area contributed by atoms with Crippen molar-refractivity contribution in [3.63, 3.8) is 0 Å². The Kier molecular flexibility index (Phi) is 6.75. The van der Waals surface area contributed by atoms with Crippen molar-refractivity contribution >= 4 is 11.7 Å². The Bertz CT molecular complexity index is 774. The van der Waals surface area contributed by atoms with Crippen LogP contribution in [-0.4, -0.2) is 26.3 Å². The van der Waals surface area contributed by atoms with Crippen LogP contribution in [0.25, 0.3) is 0 Å². The van der Waals surface area contributed by atoms with E-state index in [9.17, 15) is 9.18 Å². The van der Waals surface area contributed by atoms with Crippen LogP contribution in [0.5, 0.6) is 5.75 Å². The summed E-state index contributed by atoms with van der Waals surface area (Å²) < 4.78 is 24.3. The number of halogens is 1. The number of amides is 2. The number of nitriles is 1. The van der Waals surface area contributed by atoms with Gasteiger partial charge in [-0.1, -0.05) is 12.1 Å². The van der Waals surface area contributed by atoms with Gasteiger partial charge in [0.25, 0.3) is 0 Å². The number of ether oxygens (including phenoxy) is 2. The zero-order valence-corrected chi connectivity index (χ0v) is 13.7. The topological polar surface area (TPSA) is 83.4 Å². The van der Waals surface area contributed by atoms with Crippen molar-refractivity contribution in [2.24, 2.45) is 0 Å². The maximum Gasteiger partial charge on any atom is 0.319 e. The van der Waals surface area contributed by atoms with Gasteiger partial charge in [0.05, 0.1) is 18.2 Å². The van der Waals surface area contributed by atoms with Gasteiger partial charge in [-0.05, 0) is 29.8 Å². The zero-order chi connectivity index (χ0) is 18.1. The lowest BCUT2D eigenvalue weighted by atomic mass is 10.1. The SMILES string of the molecule is COCCNC(=O)Nc1ccc(OCc2cccc(C#N)c2)c(F)c1. The molecule has 130 valence electrons. The van der Waals surface area contributed by atoms with Gasteiger partial charge in [0, 0.05) is 25.4 Å². The maximum atomic E-state index is 14.1. The van der Waals surface area contributed by atoms with E-state index >= 15 is 0 Å². The van der Waals surface area contributed by atoms with Crippen LogP contribution in [0.3, 0.4) is 0 Å². The highest BCUT2D eigenvalue weighted by Gasteiger charge is 2.08. The number of nitrogens with one attached hydrogen (secondary N) is 2. The number of benzene rings is 2. The van der Waals surface area contributed by atoms with Crippen molar-refractivity contribution < 1.29 is 18.7 Å². The summed E-state index contributed by atoms with van der Waals surface area (Å²) in [6.07, 6.45) is 0. The first-order valence-electron chi connectivity index (χ1n) is 7.57. The van der Waals surface area contributed by atoms with Crippen molar-refractivity contribution in [2.45, 2.75) is 6.61 Å². The highest BCUT2D eigenvalue weighted by atomic mass is 19.1. The van der Waals surface area contributed by atoms with Gasteiger partial charge in [-0.3, -0.25) is 0 Å². The molecule has 0 aromatic heterocycles. The fourth-order valence-corrected chi connectivity index (χ4v) is 2.03. The molecule has 2 aromatic rings. The van der Waals surface area contributed by atoms with E-state index in [1.165, 1.54) is 19.2 Å². The van der Waals surface area contributed by atoms with Crippen molar-refractivity contribution in [1.82, 2.24) is 5.32 Å². The first-order valence-corrected chi connectivity index (χ1v) is 7.57. The lowest BCUT2D eigenvalue weighted by molar-refractivity contribution is 0.198. The van der Waals surface area contributed by atoms with E-state index in [-0.39, 0.29) is 12.4 Å². The predicted octanol–water partition coefficient (Wildman–Crippen LogP) is 3.04. The molecule has 0 aliphatic carbocycles. The van der Waals surface area contributed by atoms with Gasteiger partial charge in [-0.25, -0.2) is 9.18 Å². The number of carbonyl (C=O) groups is 1. The lowest BCUT2D eigenvalue weighted by Gasteiger charge is -2.10. The van der Waals surface area contributed by atoms with Gasteiger partial charge < -0.3 is 20.1 Å². The Hall–Kier alpha value is -3.11. The highest BCUT2D eigenvalue weighted by Crippen LogP contribution is 2.22. The van der Waals surface area contributed by atoms with Crippen LogP contribution in [0.15, 0.2) is 42.5 Å². The van der Waals surface area contributed by atoms with Crippen molar-refractivity contribution in [3.8, 4) is 11.8 Å². The third-order valence-corrected chi connectivity index (χ3v) is 3.23. The highest BCUT2D eigenvalue weighted by molar-refractivity contribution is 5.89. The molecule has 0 fully saturated rings. The molecule has 2 rings (SSSR count). The Morgan fingerprint density at radius 2 is 2.12 bits per heavy atom. The van der Waals surface area contributed by atoms with Gasteiger partial charge in [0.15, 0.2) is 11.6 Å². The minimum absolute atomic E-state index is 0.0627. The average molecular weight is 343 g/mol. The zero-order valence-electron chi connectivity index (χ0n) is 13.7. The molecule has 0 aliphatic heterocycles. The Labute approximate surface area is 145 Å². The van der Waals surface area contributed by atoms with Gasteiger partial charge in [0.2, 0.25) is 0 Å². The first-order chi connectivity index (χ1) is 12.1. The molecule has 7 heteroatoms. The summed E-state index contributed by atoms with van der Waals surface area (Å²) in [5.41, 5.74) is 1.59. The molecule has 0 atom stereocenters. The van der Waals surface area contributed by atoms with Crippen molar-refractivity contribution in [3.05, 3.63) is 59.4 Å². The molecular weight excluding hydrogens is 325 g/mol. The molecule has 0 spiro atoms. The number of urea groups is 1. The molecule has 6 nitrogen and oxygen atoms in total. The van der Waals surface area contributed by atoms with E-state index in [0.717, 1.165) is 5.56 Å². The molecule has 2 aromatic carbocycles. The van der Waals surface area contributed by atoms with E-state index in [1.54, 1.807) is 30.3 Å². The van der Waals surface area contributed by atoms with Gasteiger partial charge in [-0.15, -0.1) is 0 Å². The summed E-state index contributed by atoms with van der Waals surface area (Å²) in [6, 6.07) is 12.6. The number of anilines is 1. The van der Waals surface area contributed by atoms with Gasteiger partial charge in [-0.2, -0.15) is 5.26 Å². The summed E-state index contributed by atoms with van der Waals surface area (Å²) in [5.74, 6) is -0.529. The Morgan fingerprint density at radius 1 is 1.28 bits per heavy atom. The summed E-state index contributed by atoms with van der Waals surface area (Å²) >= 11 is 0. The second-order valence-corrected chi connectivity index (χ2v) is 5.12. The number of hydrogen-bond acceptors (Lipinski definition) is 4. The second-order valence-electron chi connectivity index (χ2n) is 5.12. The van der Waals surface area contributed by atoms with Crippen LogP contribution in [0.4, 0.5) is 14.9 Å². The summed E-state index contributed by atoms with van der Waals surface area (Å²) in [7, 11) is 1.53. The smallest absolute Gasteiger partial charge is 0.319 e. The molecule has 2 N–H and O–H groups in total. The maximum absolute atomic E-state index is 14.1. The summed E-state index contributed by atoms with van der Waals surface area (Å²) in [4.78, 5) is 11.6. The van der Waals surface area contributed by atoms with Crippen molar-refractivity contribution in [2.75, 3.05) is 25.6 Å². The molecule has 0 heterocycles. The Balaban J connectivity index is 1.92. The van der Waals surface area contributed by atoms with Gasteiger partial charge >= 0.3 is 6.03 Å². The van der Waals surface area contributed by atoms with Crippen molar-refractivity contribution in [1.29, 1.82) is 5.26 Å². The molecule has 0 saturated heterocycles. The molecule has 25 heavy (non-hydrogen) atoms. The molecule has 0 bridgehead atoms. The monoisotopic (exact) mass is 343 g/mol. The van der Waals surface area contributed by atoms with Crippen LogP contribution >= 0.6 is 0 Å². The molecule has 0 unspecified atom stereocenters.